The first-order chi connectivity index (χ1) is 8.76. The van der Waals surface area contributed by atoms with Gasteiger partial charge in [0.2, 0.25) is 0 Å². The maximum atomic E-state index is 9.36. The van der Waals surface area contributed by atoms with Crippen LogP contribution in [0.3, 0.4) is 0 Å². The van der Waals surface area contributed by atoms with E-state index in [4.69, 9.17) is 4.74 Å². The van der Waals surface area contributed by atoms with Crippen molar-refractivity contribution in [3.63, 3.8) is 0 Å². The third-order valence-electron chi connectivity index (χ3n) is 5.09. The van der Waals surface area contributed by atoms with E-state index in [-0.39, 0.29) is 12.6 Å². The number of aliphatic hydroxyl groups is 1. The number of hydrogen-bond acceptors (Lipinski definition) is 3. The van der Waals surface area contributed by atoms with Crippen LogP contribution in [0.2, 0.25) is 0 Å². The van der Waals surface area contributed by atoms with Crippen molar-refractivity contribution in [1.82, 2.24) is 5.32 Å². The van der Waals surface area contributed by atoms with Gasteiger partial charge in [0.05, 0.1) is 12.7 Å². The molecule has 18 heavy (non-hydrogen) atoms. The minimum absolute atomic E-state index is 0.252. The lowest BCUT2D eigenvalue weighted by atomic mass is 9.55. The molecule has 2 fully saturated rings. The highest BCUT2D eigenvalue weighted by molar-refractivity contribution is 5.09. The summed E-state index contributed by atoms with van der Waals surface area (Å²) in [6.07, 6.45) is 9.26. The van der Waals surface area contributed by atoms with E-state index in [2.05, 4.69) is 19.2 Å². The van der Waals surface area contributed by atoms with Crippen molar-refractivity contribution in [2.75, 3.05) is 13.2 Å². The maximum Gasteiger partial charge on any atom is 0.0661 e. The minimum Gasteiger partial charge on any atom is -0.395 e. The molecule has 0 aliphatic heterocycles. The highest BCUT2D eigenvalue weighted by atomic mass is 16.5. The van der Waals surface area contributed by atoms with Crippen LogP contribution >= 0.6 is 0 Å². The number of nitrogens with one attached hydrogen (secondary N) is 1. The summed E-state index contributed by atoms with van der Waals surface area (Å²) in [5, 5.41) is 13.0. The Morgan fingerprint density at radius 3 is 2.56 bits per heavy atom. The summed E-state index contributed by atoms with van der Waals surface area (Å²) in [4.78, 5) is 0. The van der Waals surface area contributed by atoms with E-state index in [9.17, 15) is 5.11 Å². The molecule has 0 aromatic heterocycles. The first-order valence-electron chi connectivity index (χ1n) is 7.75. The van der Waals surface area contributed by atoms with Crippen molar-refractivity contribution in [2.24, 2.45) is 5.41 Å². The zero-order valence-corrected chi connectivity index (χ0v) is 12.0. The van der Waals surface area contributed by atoms with Crippen molar-refractivity contribution >= 4 is 0 Å². The van der Waals surface area contributed by atoms with E-state index in [1.165, 1.54) is 32.1 Å². The van der Waals surface area contributed by atoms with Crippen LogP contribution in [0.5, 0.6) is 0 Å². The molecule has 0 aromatic rings. The molecule has 2 rings (SSSR count). The zero-order valence-electron chi connectivity index (χ0n) is 12.0. The molecule has 3 nitrogen and oxygen atoms in total. The number of rotatable bonds is 6. The number of aliphatic hydroxyl groups excluding tert-OH is 1. The maximum absolute atomic E-state index is 9.36. The van der Waals surface area contributed by atoms with Crippen LogP contribution in [0, 0.1) is 5.41 Å². The highest BCUT2D eigenvalue weighted by Gasteiger charge is 2.55. The van der Waals surface area contributed by atoms with E-state index < -0.39 is 0 Å². The molecule has 0 bridgehead atoms. The lowest BCUT2D eigenvalue weighted by Gasteiger charge is -2.58. The Morgan fingerprint density at radius 1 is 1.28 bits per heavy atom. The molecule has 3 atom stereocenters. The SMILES string of the molecule is CCOC1CC(N[C@H](CC)CO)C12CCCCC2. The smallest absolute Gasteiger partial charge is 0.0661 e. The predicted octanol–water partition coefficient (Wildman–Crippen LogP) is 2.47. The summed E-state index contributed by atoms with van der Waals surface area (Å²) in [5.74, 6) is 0. The largest absolute Gasteiger partial charge is 0.395 e. The normalized spacial score (nSPS) is 32.2. The summed E-state index contributed by atoms with van der Waals surface area (Å²) < 4.78 is 5.95. The van der Waals surface area contributed by atoms with Crippen molar-refractivity contribution in [2.45, 2.75) is 77.0 Å². The van der Waals surface area contributed by atoms with Crippen LogP contribution in [-0.4, -0.2) is 36.5 Å². The summed E-state index contributed by atoms with van der Waals surface area (Å²) in [6, 6.07) is 0.822. The van der Waals surface area contributed by atoms with E-state index in [1.54, 1.807) is 0 Å². The van der Waals surface area contributed by atoms with Gasteiger partial charge in [-0.15, -0.1) is 0 Å². The molecule has 2 saturated carbocycles. The van der Waals surface area contributed by atoms with Gasteiger partial charge in [-0.05, 0) is 32.6 Å². The molecule has 1 spiro atoms. The van der Waals surface area contributed by atoms with Gasteiger partial charge in [-0.25, -0.2) is 0 Å². The lowest BCUT2D eigenvalue weighted by Crippen LogP contribution is -2.66. The minimum atomic E-state index is 0.252. The van der Waals surface area contributed by atoms with Crippen LogP contribution < -0.4 is 5.32 Å². The topological polar surface area (TPSA) is 41.5 Å². The fraction of sp³-hybridized carbons (Fsp3) is 1.00. The Hall–Kier alpha value is -0.120. The Morgan fingerprint density at radius 2 is 2.00 bits per heavy atom. The van der Waals surface area contributed by atoms with Crippen molar-refractivity contribution in [3.05, 3.63) is 0 Å². The summed E-state index contributed by atoms with van der Waals surface area (Å²) in [5.41, 5.74) is 0.372. The van der Waals surface area contributed by atoms with E-state index in [0.717, 1.165) is 19.4 Å². The second-order valence-corrected chi connectivity index (χ2v) is 5.98. The molecular formula is C15H29NO2. The highest BCUT2D eigenvalue weighted by Crippen LogP contribution is 2.53. The molecule has 2 N–H and O–H groups in total. The fourth-order valence-electron chi connectivity index (χ4n) is 3.88. The third-order valence-corrected chi connectivity index (χ3v) is 5.09. The molecule has 2 aliphatic carbocycles. The molecule has 0 heterocycles. The second kappa shape index (κ2) is 6.36. The van der Waals surface area contributed by atoms with Gasteiger partial charge < -0.3 is 15.2 Å². The average Bonchev–Trinajstić information content (AvgIpc) is 2.43. The molecule has 0 radical (unpaired) electrons. The van der Waals surface area contributed by atoms with E-state index >= 15 is 0 Å². The standard InChI is InChI=1S/C15H29NO2/c1-3-12(11-17)16-13-10-14(18-4-2)15(13)8-6-5-7-9-15/h12-14,16-17H,3-11H2,1-2H3/t12-,13?,14?/m1/s1. The fourth-order valence-corrected chi connectivity index (χ4v) is 3.88. The Bertz CT molecular complexity index is 247. The molecule has 2 aliphatic rings. The lowest BCUT2D eigenvalue weighted by molar-refractivity contribution is -0.153. The summed E-state index contributed by atoms with van der Waals surface area (Å²) >= 11 is 0. The van der Waals surface area contributed by atoms with Crippen LogP contribution in [-0.2, 0) is 4.74 Å². The van der Waals surface area contributed by atoms with Gasteiger partial charge >= 0.3 is 0 Å². The molecule has 106 valence electrons. The van der Waals surface area contributed by atoms with Crippen molar-refractivity contribution in [1.29, 1.82) is 0 Å². The predicted molar refractivity (Wildman–Crippen MR) is 73.6 cm³/mol. The average molecular weight is 255 g/mol. The van der Waals surface area contributed by atoms with Crippen molar-refractivity contribution < 1.29 is 9.84 Å². The van der Waals surface area contributed by atoms with Gasteiger partial charge in [-0.1, -0.05) is 26.2 Å². The first kappa shape index (κ1) is 14.3. The van der Waals surface area contributed by atoms with Crippen molar-refractivity contribution in [3.8, 4) is 0 Å². The monoisotopic (exact) mass is 255 g/mol. The molecular weight excluding hydrogens is 226 g/mol. The number of hydrogen-bond donors (Lipinski definition) is 2. The van der Waals surface area contributed by atoms with Gasteiger partial charge in [0.25, 0.3) is 0 Å². The van der Waals surface area contributed by atoms with Gasteiger partial charge in [-0.3, -0.25) is 0 Å². The molecule has 0 aromatic carbocycles. The Kier molecular flexibility index (Phi) is 5.05. The number of ether oxygens (including phenoxy) is 1. The summed E-state index contributed by atoms with van der Waals surface area (Å²) in [7, 11) is 0. The quantitative estimate of drug-likeness (QED) is 0.766. The van der Waals surface area contributed by atoms with Crippen LogP contribution in [0.4, 0.5) is 0 Å². The van der Waals surface area contributed by atoms with E-state index in [1.807, 2.05) is 0 Å². The third kappa shape index (κ3) is 2.59. The summed E-state index contributed by atoms with van der Waals surface area (Å²) in [6.45, 7) is 5.32. The van der Waals surface area contributed by atoms with E-state index in [0.29, 0.717) is 17.6 Å². The van der Waals surface area contributed by atoms with Crippen LogP contribution in [0.15, 0.2) is 0 Å². The molecule has 3 heteroatoms. The van der Waals surface area contributed by atoms with Gasteiger partial charge in [-0.2, -0.15) is 0 Å². The molecule has 0 saturated heterocycles. The van der Waals surface area contributed by atoms with Gasteiger partial charge in [0.1, 0.15) is 0 Å². The molecule has 0 amide bonds. The zero-order chi connectivity index (χ0) is 13.0. The van der Waals surface area contributed by atoms with Gasteiger partial charge in [0.15, 0.2) is 0 Å². The second-order valence-electron chi connectivity index (χ2n) is 5.98. The Labute approximate surface area is 111 Å². The molecule has 2 unspecified atom stereocenters. The Balaban J connectivity index is 1.98. The first-order valence-corrected chi connectivity index (χ1v) is 7.75. The van der Waals surface area contributed by atoms with Crippen LogP contribution in [0.25, 0.3) is 0 Å². The van der Waals surface area contributed by atoms with Crippen LogP contribution in [0.1, 0.15) is 58.8 Å². The van der Waals surface area contributed by atoms with Gasteiger partial charge in [0, 0.05) is 24.1 Å².